The number of halogens is 1. The number of likely N-dealkylation sites (N-methyl/N-ethyl adjacent to an activating group) is 1. The summed E-state index contributed by atoms with van der Waals surface area (Å²) in [7, 11) is 1.68. The van der Waals surface area contributed by atoms with E-state index in [-0.39, 0.29) is 23.0 Å². The standard InChI is InChI=1S/C22H19FN2O2/c1-24(16-18-7-3-2-4-8-18)22(27)20(25-14-6-5-9-21(25)26)15-17-10-12-19(23)13-11-17/h2-15H,16H2,1H3/b20-15+. The maximum atomic E-state index is 13.2. The fraction of sp³-hybridized carbons (Fsp3) is 0.0909. The third kappa shape index (κ3) is 4.58. The van der Waals surface area contributed by atoms with Crippen LogP contribution in [0.3, 0.4) is 0 Å². The first-order chi connectivity index (χ1) is 13.0. The molecular formula is C22H19FN2O2. The van der Waals surface area contributed by atoms with Crippen molar-refractivity contribution in [2.75, 3.05) is 7.05 Å². The molecule has 0 saturated carbocycles. The lowest BCUT2D eigenvalue weighted by Gasteiger charge is -2.20. The molecule has 5 heteroatoms. The van der Waals surface area contributed by atoms with Gasteiger partial charge in [-0.2, -0.15) is 0 Å². The van der Waals surface area contributed by atoms with Crippen LogP contribution in [0.1, 0.15) is 11.1 Å². The number of nitrogens with zero attached hydrogens (tertiary/aromatic N) is 2. The number of amides is 1. The Balaban J connectivity index is 1.98. The van der Waals surface area contributed by atoms with Gasteiger partial charge < -0.3 is 4.90 Å². The van der Waals surface area contributed by atoms with E-state index < -0.39 is 0 Å². The molecule has 0 aliphatic carbocycles. The molecule has 0 aliphatic heterocycles. The molecule has 1 amide bonds. The zero-order valence-corrected chi connectivity index (χ0v) is 14.9. The summed E-state index contributed by atoms with van der Waals surface area (Å²) in [4.78, 5) is 26.9. The zero-order chi connectivity index (χ0) is 19.2. The molecule has 136 valence electrons. The number of carbonyl (C=O) groups is 1. The Bertz CT molecular complexity index is 1010. The first-order valence-electron chi connectivity index (χ1n) is 8.49. The van der Waals surface area contributed by atoms with Crippen LogP contribution in [-0.2, 0) is 11.3 Å². The summed E-state index contributed by atoms with van der Waals surface area (Å²) in [6.07, 6.45) is 3.14. The van der Waals surface area contributed by atoms with Crippen LogP contribution >= 0.6 is 0 Å². The predicted molar refractivity (Wildman–Crippen MR) is 104 cm³/mol. The van der Waals surface area contributed by atoms with E-state index in [0.29, 0.717) is 12.1 Å². The van der Waals surface area contributed by atoms with Crippen molar-refractivity contribution >= 4 is 17.7 Å². The van der Waals surface area contributed by atoms with Crippen molar-refractivity contribution in [3.05, 3.63) is 106 Å². The summed E-state index contributed by atoms with van der Waals surface area (Å²) in [6.45, 7) is 0.405. The van der Waals surface area contributed by atoms with E-state index in [2.05, 4.69) is 0 Å². The van der Waals surface area contributed by atoms with Gasteiger partial charge in [0.15, 0.2) is 0 Å². The molecule has 1 heterocycles. The first kappa shape index (κ1) is 18.3. The van der Waals surface area contributed by atoms with Crippen LogP contribution in [0.5, 0.6) is 0 Å². The Morgan fingerprint density at radius 2 is 1.67 bits per heavy atom. The van der Waals surface area contributed by atoms with Crippen molar-refractivity contribution in [1.29, 1.82) is 0 Å². The molecule has 0 unspecified atom stereocenters. The molecule has 3 aromatic rings. The molecule has 0 fully saturated rings. The molecule has 3 rings (SSSR count). The monoisotopic (exact) mass is 362 g/mol. The molecular weight excluding hydrogens is 343 g/mol. The summed E-state index contributed by atoms with van der Waals surface area (Å²) in [5.74, 6) is -0.672. The number of hydrogen-bond acceptors (Lipinski definition) is 2. The van der Waals surface area contributed by atoms with Crippen LogP contribution in [0.4, 0.5) is 4.39 Å². The molecule has 0 atom stereocenters. The quantitative estimate of drug-likeness (QED) is 0.650. The predicted octanol–water partition coefficient (Wildman–Crippen LogP) is 3.64. The lowest BCUT2D eigenvalue weighted by molar-refractivity contribution is -0.124. The fourth-order valence-corrected chi connectivity index (χ4v) is 2.70. The molecule has 0 bridgehead atoms. The number of benzene rings is 2. The molecule has 0 spiro atoms. The fourth-order valence-electron chi connectivity index (χ4n) is 2.70. The van der Waals surface area contributed by atoms with Crippen molar-refractivity contribution in [1.82, 2.24) is 9.47 Å². The maximum absolute atomic E-state index is 13.2. The summed E-state index contributed by atoms with van der Waals surface area (Å²) < 4.78 is 14.5. The molecule has 2 aromatic carbocycles. The summed E-state index contributed by atoms with van der Waals surface area (Å²) in [5.41, 5.74) is 1.50. The van der Waals surface area contributed by atoms with E-state index in [1.807, 2.05) is 30.3 Å². The lowest BCUT2D eigenvalue weighted by Crippen LogP contribution is -2.32. The second-order valence-corrected chi connectivity index (χ2v) is 6.14. The first-order valence-corrected chi connectivity index (χ1v) is 8.49. The number of rotatable bonds is 5. The molecule has 27 heavy (non-hydrogen) atoms. The van der Waals surface area contributed by atoms with Crippen molar-refractivity contribution in [3.63, 3.8) is 0 Å². The Morgan fingerprint density at radius 1 is 1.00 bits per heavy atom. The van der Waals surface area contributed by atoms with E-state index in [0.717, 1.165) is 5.56 Å². The van der Waals surface area contributed by atoms with Gasteiger partial charge in [0.25, 0.3) is 11.5 Å². The second-order valence-electron chi connectivity index (χ2n) is 6.14. The average Bonchev–Trinajstić information content (AvgIpc) is 2.68. The van der Waals surface area contributed by atoms with Crippen molar-refractivity contribution in [3.8, 4) is 0 Å². The van der Waals surface area contributed by atoms with E-state index in [9.17, 15) is 14.0 Å². The minimum Gasteiger partial charge on any atom is -0.336 e. The summed E-state index contributed by atoms with van der Waals surface area (Å²) in [6, 6.07) is 20.0. The average molecular weight is 362 g/mol. The van der Waals surface area contributed by atoms with Crippen LogP contribution < -0.4 is 5.56 Å². The van der Waals surface area contributed by atoms with Gasteiger partial charge in [-0.25, -0.2) is 4.39 Å². The van der Waals surface area contributed by atoms with Gasteiger partial charge >= 0.3 is 0 Å². The highest BCUT2D eigenvalue weighted by Gasteiger charge is 2.18. The zero-order valence-electron chi connectivity index (χ0n) is 14.9. The number of carbonyl (C=O) groups excluding carboxylic acids is 1. The molecule has 0 aliphatic rings. The van der Waals surface area contributed by atoms with Crippen molar-refractivity contribution in [2.24, 2.45) is 0 Å². The van der Waals surface area contributed by atoms with E-state index in [4.69, 9.17) is 0 Å². The number of hydrogen-bond donors (Lipinski definition) is 0. The number of aromatic nitrogens is 1. The van der Waals surface area contributed by atoms with Gasteiger partial charge in [0, 0.05) is 25.9 Å². The van der Waals surface area contributed by atoms with Gasteiger partial charge in [0.1, 0.15) is 11.5 Å². The van der Waals surface area contributed by atoms with Crippen LogP contribution in [0, 0.1) is 5.82 Å². The molecule has 0 radical (unpaired) electrons. The normalized spacial score (nSPS) is 11.3. The Labute approximate surface area is 156 Å². The summed E-state index contributed by atoms with van der Waals surface area (Å²) >= 11 is 0. The highest BCUT2D eigenvalue weighted by molar-refractivity contribution is 6.18. The highest BCUT2D eigenvalue weighted by Crippen LogP contribution is 2.15. The van der Waals surface area contributed by atoms with Crippen LogP contribution in [0.2, 0.25) is 0 Å². The highest BCUT2D eigenvalue weighted by atomic mass is 19.1. The molecule has 1 aromatic heterocycles. The lowest BCUT2D eigenvalue weighted by atomic mass is 10.1. The van der Waals surface area contributed by atoms with Gasteiger partial charge in [-0.1, -0.05) is 48.5 Å². The second kappa shape index (κ2) is 8.27. The smallest absolute Gasteiger partial charge is 0.270 e. The molecule has 0 saturated heterocycles. The van der Waals surface area contributed by atoms with Crippen molar-refractivity contribution < 1.29 is 9.18 Å². The van der Waals surface area contributed by atoms with Gasteiger partial charge in [-0.3, -0.25) is 14.2 Å². The van der Waals surface area contributed by atoms with Crippen LogP contribution in [-0.4, -0.2) is 22.4 Å². The van der Waals surface area contributed by atoms with Gasteiger partial charge in [-0.15, -0.1) is 0 Å². The number of pyridine rings is 1. The SMILES string of the molecule is CN(Cc1ccccc1)C(=O)/C(=C\c1ccc(F)cc1)n1ccccc1=O. The minimum atomic E-state index is -0.363. The largest absolute Gasteiger partial charge is 0.336 e. The third-order valence-electron chi connectivity index (χ3n) is 4.08. The molecule has 4 nitrogen and oxygen atoms in total. The van der Waals surface area contributed by atoms with Gasteiger partial charge in [0.2, 0.25) is 0 Å². The van der Waals surface area contributed by atoms with Gasteiger partial charge in [0.05, 0.1) is 0 Å². The third-order valence-corrected chi connectivity index (χ3v) is 4.08. The minimum absolute atomic E-state index is 0.200. The van der Waals surface area contributed by atoms with E-state index in [1.54, 1.807) is 48.5 Å². The Morgan fingerprint density at radius 3 is 2.33 bits per heavy atom. The van der Waals surface area contributed by atoms with Crippen molar-refractivity contribution in [2.45, 2.75) is 6.54 Å². The van der Waals surface area contributed by atoms with E-state index >= 15 is 0 Å². The topological polar surface area (TPSA) is 42.3 Å². The Hall–Kier alpha value is -3.47. The van der Waals surface area contributed by atoms with Crippen LogP contribution in [0.15, 0.2) is 83.8 Å². The van der Waals surface area contributed by atoms with E-state index in [1.165, 1.54) is 22.8 Å². The van der Waals surface area contributed by atoms with Gasteiger partial charge in [-0.05, 0) is 35.4 Å². The maximum Gasteiger partial charge on any atom is 0.270 e. The Kier molecular flexibility index (Phi) is 5.61. The van der Waals surface area contributed by atoms with Crippen LogP contribution in [0.25, 0.3) is 11.8 Å². The molecule has 0 N–H and O–H groups in total. The summed E-state index contributed by atoms with van der Waals surface area (Å²) in [5, 5.41) is 0.